The number of para-hydroxylation sites is 1. The van der Waals surface area contributed by atoms with Crippen LogP contribution in [-0.4, -0.2) is 26.4 Å². The van der Waals surface area contributed by atoms with E-state index in [2.05, 4.69) is 23.9 Å². The lowest BCUT2D eigenvalue weighted by molar-refractivity contribution is 0.341. The van der Waals surface area contributed by atoms with Crippen LogP contribution in [-0.2, 0) is 7.05 Å². The standard InChI is InChI=1S/C17H19ClN4O/c1-5-23-12-9-7-6-8-11(12)17-19-14-13(10(2)3)21-22(4)15(14)16(18)20-17/h6-10H,5H2,1-4H3. The number of nitrogens with zero attached hydrogens (tertiary/aromatic N) is 4. The normalized spacial score (nSPS) is 11.4. The zero-order chi connectivity index (χ0) is 16.6. The molecule has 23 heavy (non-hydrogen) atoms. The Morgan fingerprint density at radius 1 is 1.22 bits per heavy atom. The maximum Gasteiger partial charge on any atom is 0.165 e. The van der Waals surface area contributed by atoms with E-state index in [1.807, 2.05) is 38.2 Å². The highest BCUT2D eigenvalue weighted by atomic mass is 35.5. The fraction of sp³-hybridized carbons (Fsp3) is 0.353. The van der Waals surface area contributed by atoms with Gasteiger partial charge in [-0.1, -0.05) is 37.6 Å². The summed E-state index contributed by atoms with van der Waals surface area (Å²) in [5.41, 5.74) is 3.30. The van der Waals surface area contributed by atoms with E-state index in [1.165, 1.54) is 0 Å². The SMILES string of the molecule is CCOc1ccccc1-c1nc(Cl)c2c(n1)c(C(C)C)nn2C. The summed E-state index contributed by atoms with van der Waals surface area (Å²) in [6.45, 7) is 6.71. The van der Waals surface area contributed by atoms with Crippen LogP contribution in [0.2, 0.25) is 5.15 Å². The summed E-state index contributed by atoms with van der Waals surface area (Å²) < 4.78 is 7.42. The topological polar surface area (TPSA) is 52.8 Å². The monoisotopic (exact) mass is 330 g/mol. The lowest BCUT2D eigenvalue weighted by Gasteiger charge is -2.09. The van der Waals surface area contributed by atoms with Crippen LogP contribution in [0.1, 0.15) is 32.4 Å². The highest BCUT2D eigenvalue weighted by Crippen LogP contribution is 2.33. The average molecular weight is 331 g/mol. The number of fused-ring (bicyclic) bond motifs is 1. The van der Waals surface area contributed by atoms with Gasteiger partial charge in [-0.15, -0.1) is 0 Å². The van der Waals surface area contributed by atoms with Gasteiger partial charge in [0.2, 0.25) is 0 Å². The van der Waals surface area contributed by atoms with Crippen LogP contribution >= 0.6 is 11.6 Å². The van der Waals surface area contributed by atoms with Crippen molar-refractivity contribution in [1.82, 2.24) is 19.7 Å². The van der Waals surface area contributed by atoms with E-state index in [0.717, 1.165) is 28.0 Å². The Bertz CT molecular complexity index is 857. The van der Waals surface area contributed by atoms with Gasteiger partial charge in [0.15, 0.2) is 11.0 Å². The first-order valence-electron chi connectivity index (χ1n) is 7.65. The molecule has 3 rings (SSSR count). The van der Waals surface area contributed by atoms with Gasteiger partial charge in [-0.25, -0.2) is 9.97 Å². The van der Waals surface area contributed by atoms with Crippen molar-refractivity contribution in [3.05, 3.63) is 35.1 Å². The van der Waals surface area contributed by atoms with Gasteiger partial charge in [0.25, 0.3) is 0 Å². The molecule has 2 heterocycles. The van der Waals surface area contributed by atoms with Crippen LogP contribution in [0.25, 0.3) is 22.4 Å². The predicted octanol–water partition coefficient (Wildman–Crippen LogP) is 4.21. The maximum absolute atomic E-state index is 6.41. The van der Waals surface area contributed by atoms with Gasteiger partial charge in [0.1, 0.15) is 16.8 Å². The molecule has 6 heteroatoms. The van der Waals surface area contributed by atoms with Crippen molar-refractivity contribution < 1.29 is 4.74 Å². The highest BCUT2D eigenvalue weighted by Gasteiger charge is 2.19. The molecule has 0 aliphatic rings. The van der Waals surface area contributed by atoms with E-state index in [0.29, 0.717) is 17.6 Å². The second-order valence-electron chi connectivity index (χ2n) is 5.63. The number of rotatable bonds is 4. The Hall–Kier alpha value is -2.14. The first-order valence-corrected chi connectivity index (χ1v) is 8.03. The molecule has 0 fully saturated rings. The van der Waals surface area contributed by atoms with Crippen molar-refractivity contribution in [3.63, 3.8) is 0 Å². The van der Waals surface area contributed by atoms with Gasteiger partial charge in [-0.05, 0) is 25.0 Å². The third-order valence-electron chi connectivity index (χ3n) is 3.64. The molecule has 0 aliphatic carbocycles. The molecule has 0 unspecified atom stereocenters. The molecule has 120 valence electrons. The molecule has 1 aromatic carbocycles. The Morgan fingerprint density at radius 2 is 1.96 bits per heavy atom. The van der Waals surface area contributed by atoms with Crippen molar-refractivity contribution >= 4 is 22.6 Å². The van der Waals surface area contributed by atoms with E-state index in [9.17, 15) is 0 Å². The number of hydrogen-bond acceptors (Lipinski definition) is 4. The third-order valence-corrected chi connectivity index (χ3v) is 3.90. The first-order chi connectivity index (χ1) is 11.0. The minimum Gasteiger partial charge on any atom is -0.493 e. The second kappa shape index (κ2) is 6.16. The summed E-state index contributed by atoms with van der Waals surface area (Å²) in [6.07, 6.45) is 0. The van der Waals surface area contributed by atoms with Crippen molar-refractivity contribution in [3.8, 4) is 17.1 Å². The third kappa shape index (κ3) is 2.77. The van der Waals surface area contributed by atoms with Crippen molar-refractivity contribution in [2.45, 2.75) is 26.7 Å². The minimum absolute atomic E-state index is 0.250. The Morgan fingerprint density at radius 3 is 2.65 bits per heavy atom. The van der Waals surface area contributed by atoms with Gasteiger partial charge >= 0.3 is 0 Å². The molecule has 0 saturated heterocycles. The van der Waals surface area contributed by atoms with Gasteiger partial charge in [0.05, 0.1) is 17.9 Å². The average Bonchev–Trinajstić information content (AvgIpc) is 2.86. The van der Waals surface area contributed by atoms with Crippen LogP contribution in [0.4, 0.5) is 0 Å². The first kappa shape index (κ1) is 15.7. The molecule has 0 atom stereocenters. The molecule has 0 radical (unpaired) electrons. The highest BCUT2D eigenvalue weighted by molar-refractivity contribution is 6.33. The Balaban J connectivity index is 2.26. The summed E-state index contributed by atoms with van der Waals surface area (Å²) in [6, 6.07) is 7.71. The summed E-state index contributed by atoms with van der Waals surface area (Å²) in [4.78, 5) is 9.19. The number of aryl methyl sites for hydroxylation is 1. The van der Waals surface area contributed by atoms with Crippen molar-refractivity contribution in [1.29, 1.82) is 0 Å². The van der Waals surface area contributed by atoms with E-state index >= 15 is 0 Å². The van der Waals surface area contributed by atoms with E-state index in [-0.39, 0.29) is 5.92 Å². The fourth-order valence-corrected chi connectivity index (χ4v) is 2.89. The maximum atomic E-state index is 6.41. The lowest BCUT2D eigenvalue weighted by Crippen LogP contribution is -1.98. The van der Waals surface area contributed by atoms with Gasteiger partial charge in [-0.3, -0.25) is 4.68 Å². The van der Waals surface area contributed by atoms with E-state index < -0.39 is 0 Å². The predicted molar refractivity (Wildman–Crippen MR) is 92.0 cm³/mol. The molecule has 5 nitrogen and oxygen atoms in total. The van der Waals surface area contributed by atoms with Gasteiger partial charge in [-0.2, -0.15) is 5.10 Å². The van der Waals surface area contributed by atoms with Crippen LogP contribution in [0.3, 0.4) is 0 Å². The molecule has 2 aromatic heterocycles. The molecule has 0 spiro atoms. The number of aromatic nitrogens is 4. The van der Waals surface area contributed by atoms with Crippen molar-refractivity contribution in [2.24, 2.45) is 7.05 Å². The van der Waals surface area contributed by atoms with Crippen LogP contribution in [0.5, 0.6) is 5.75 Å². The quantitative estimate of drug-likeness (QED) is 0.672. The number of halogens is 1. The van der Waals surface area contributed by atoms with Crippen LogP contribution in [0, 0.1) is 0 Å². The Kier molecular flexibility index (Phi) is 4.22. The van der Waals surface area contributed by atoms with Crippen molar-refractivity contribution in [2.75, 3.05) is 6.61 Å². The van der Waals surface area contributed by atoms with Crippen LogP contribution in [0.15, 0.2) is 24.3 Å². The second-order valence-corrected chi connectivity index (χ2v) is 5.99. The van der Waals surface area contributed by atoms with Gasteiger partial charge in [0, 0.05) is 7.05 Å². The van der Waals surface area contributed by atoms with Gasteiger partial charge < -0.3 is 4.74 Å². The molecule has 0 amide bonds. The summed E-state index contributed by atoms with van der Waals surface area (Å²) in [7, 11) is 1.86. The number of ether oxygens (including phenoxy) is 1. The minimum atomic E-state index is 0.250. The summed E-state index contributed by atoms with van der Waals surface area (Å²) in [5, 5.41) is 4.94. The largest absolute Gasteiger partial charge is 0.493 e. The van der Waals surface area contributed by atoms with Crippen LogP contribution < -0.4 is 4.74 Å². The summed E-state index contributed by atoms with van der Waals surface area (Å²) >= 11 is 6.41. The van der Waals surface area contributed by atoms with E-state index in [4.69, 9.17) is 21.3 Å². The molecule has 3 aromatic rings. The smallest absolute Gasteiger partial charge is 0.165 e. The molecule has 0 bridgehead atoms. The number of hydrogen-bond donors (Lipinski definition) is 0. The summed E-state index contributed by atoms with van der Waals surface area (Å²) in [5.74, 6) is 1.56. The fourth-order valence-electron chi connectivity index (χ4n) is 2.59. The Labute approximate surface area is 140 Å². The molecule has 0 saturated carbocycles. The zero-order valence-electron chi connectivity index (χ0n) is 13.7. The number of benzene rings is 1. The lowest BCUT2D eigenvalue weighted by atomic mass is 10.1. The van der Waals surface area contributed by atoms with E-state index in [1.54, 1.807) is 4.68 Å². The molecule has 0 N–H and O–H groups in total. The molecular formula is C17H19ClN4O. The molecule has 0 aliphatic heterocycles. The zero-order valence-corrected chi connectivity index (χ0v) is 14.4. The molecular weight excluding hydrogens is 312 g/mol.